The van der Waals surface area contributed by atoms with Gasteiger partial charge in [-0.05, 0) is 61.4 Å². The summed E-state index contributed by atoms with van der Waals surface area (Å²) in [7, 11) is 0. The first-order valence-corrected chi connectivity index (χ1v) is 10.5. The molecule has 3 heterocycles. The summed E-state index contributed by atoms with van der Waals surface area (Å²) in [6, 6.07) is 22.9. The Hall–Kier alpha value is -4.19. The molecular formula is C26H22N4O2. The second-order valence-electron chi connectivity index (χ2n) is 7.65. The molecule has 0 aliphatic carbocycles. The predicted molar refractivity (Wildman–Crippen MR) is 125 cm³/mol. The Kier molecular flexibility index (Phi) is 5.25. The molecule has 0 saturated heterocycles. The van der Waals surface area contributed by atoms with Crippen molar-refractivity contribution in [3.63, 3.8) is 0 Å². The van der Waals surface area contributed by atoms with Crippen LogP contribution >= 0.6 is 0 Å². The highest BCUT2D eigenvalue weighted by Crippen LogP contribution is 2.34. The number of fused-ring (bicyclic) bond motifs is 1. The molecule has 0 unspecified atom stereocenters. The van der Waals surface area contributed by atoms with E-state index in [1.54, 1.807) is 24.5 Å². The van der Waals surface area contributed by atoms with Crippen LogP contribution in [0.1, 0.15) is 21.6 Å². The fraction of sp³-hybridized carbons (Fsp3) is 0.115. The second-order valence-corrected chi connectivity index (χ2v) is 7.65. The minimum absolute atomic E-state index is 0.0584. The number of hydrogen-bond acceptors (Lipinski definition) is 5. The Morgan fingerprint density at radius 2 is 1.78 bits per heavy atom. The molecule has 0 atom stereocenters. The van der Waals surface area contributed by atoms with Gasteiger partial charge in [0.1, 0.15) is 17.3 Å². The van der Waals surface area contributed by atoms with Crippen molar-refractivity contribution in [2.24, 2.45) is 0 Å². The van der Waals surface area contributed by atoms with E-state index in [-0.39, 0.29) is 5.91 Å². The number of anilines is 3. The Balaban J connectivity index is 1.37. The summed E-state index contributed by atoms with van der Waals surface area (Å²) in [6.07, 6.45) is 4.21. The number of nitrogens with zero attached hydrogens (tertiary/aromatic N) is 3. The third-order valence-corrected chi connectivity index (χ3v) is 5.35. The lowest BCUT2D eigenvalue weighted by Gasteiger charge is -2.18. The van der Waals surface area contributed by atoms with Crippen LogP contribution < -0.4 is 15.0 Å². The van der Waals surface area contributed by atoms with E-state index in [0.717, 1.165) is 34.8 Å². The van der Waals surface area contributed by atoms with Crippen molar-refractivity contribution in [3.05, 3.63) is 102 Å². The van der Waals surface area contributed by atoms with Gasteiger partial charge in [0, 0.05) is 41.9 Å². The lowest BCUT2D eigenvalue weighted by Crippen LogP contribution is -2.29. The average molecular weight is 422 g/mol. The first-order chi connectivity index (χ1) is 15.7. The summed E-state index contributed by atoms with van der Waals surface area (Å²) in [6.45, 7) is 2.57. The molecule has 5 rings (SSSR count). The molecule has 0 fully saturated rings. The summed E-state index contributed by atoms with van der Waals surface area (Å²) in [5, 5.41) is 3.24. The third-order valence-electron chi connectivity index (χ3n) is 5.35. The quantitative estimate of drug-likeness (QED) is 0.458. The number of carbonyl (C=O) groups excluding carboxylic acids is 1. The monoisotopic (exact) mass is 422 g/mol. The molecule has 1 amide bonds. The fourth-order valence-electron chi connectivity index (χ4n) is 3.82. The summed E-state index contributed by atoms with van der Waals surface area (Å²) in [5.74, 6) is 2.03. The van der Waals surface area contributed by atoms with E-state index in [9.17, 15) is 4.79 Å². The number of amides is 1. The van der Waals surface area contributed by atoms with Gasteiger partial charge in [-0.25, -0.2) is 4.98 Å². The van der Waals surface area contributed by atoms with Crippen LogP contribution in [0.3, 0.4) is 0 Å². The van der Waals surface area contributed by atoms with Gasteiger partial charge in [0.05, 0.1) is 5.69 Å². The minimum atomic E-state index is -0.0584. The van der Waals surface area contributed by atoms with Crippen molar-refractivity contribution in [2.45, 2.75) is 13.3 Å². The van der Waals surface area contributed by atoms with Gasteiger partial charge in [-0.1, -0.05) is 24.3 Å². The van der Waals surface area contributed by atoms with Gasteiger partial charge in [0.2, 0.25) is 0 Å². The topological polar surface area (TPSA) is 67.4 Å². The first-order valence-electron chi connectivity index (χ1n) is 10.5. The molecule has 0 saturated carbocycles. The number of pyridine rings is 2. The van der Waals surface area contributed by atoms with Crippen molar-refractivity contribution in [1.29, 1.82) is 0 Å². The van der Waals surface area contributed by atoms with E-state index in [0.29, 0.717) is 23.7 Å². The molecule has 32 heavy (non-hydrogen) atoms. The van der Waals surface area contributed by atoms with Gasteiger partial charge in [0.25, 0.3) is 5.91 Å². The molecule has 0 radical (unpaired) electrons. The molecular weight excluding hydrogens is 400 g/mol. The van der Waals surface area contributed by atoms with Gasteiger partial charge in [-0.2, -0.15) is 0 Å². The number of nitrogens with one attached hydrogen (secondary N) is 1. The lowest BCUT2D eigenvalue weighted by molar-refractivity contribution is 0.0989. The Bertz CT molecular complexity index is 1270. The zero-order valence-corrected chi connectivity index (χ0v) is 17.7. The fourth-order valence-corrected chi connectivity index (χ4v) is 3.82. The number of rotatable bonds is 5. The van der Waals surface area contributed by atoms with E-state index in [1.165, 1.54) is 0 Å². The van der Waals surface area contributed by atoms with E-state index >= 15 is 0 Å². The van der Waals surface area contributed by atoms with Crippen molar-refractivity contribution >= 4 is 23.1 Å². The molecule has 158 valence electrons. The maximum Gasteiger partial charge on any atom is 0.258 e. The van der Waals surface area contributed by atoms with Crippen molar-refractivity contribution in [1.82, 2.24) is 9.97 Å². The van der Waals surface area contributed by atoms with E-state index < -0.39 is 0 Å². The van der Waals surface area contributed by atoms with Crippen LogP contribution in [0, 0.1) is 6.92 Å². The third kappa shape index (κ3) is 4.16. The van der Waals surface area contributed by atoms with Gasteiger partial charge in [-0.15, -0.1) is 0 Å². The Labute approximate surface area is 186 Å². The molecule has 2 aromatic heterocycles. The van der Waals surface area contributed by atoms with Crippen LogP contribution in [0.2, 0.25) is 0 Å². The summed E-state index contributed by atoms with van der Waals surface area (Å²) >= 11 is 0. The summed E-state index contributed by atoms with van der Waals surface area (Å²) < 4.78 is 5.97. The highest BCUT2D eigenvalue weighted by atomic mass is 16.5. The van der Waals surface area contributed by atoms with Crippen LogP contribution in [0.4, 0.5) is 17.2 Å². The highest BCUT2D eigenvalue weighted by molar-refractivity contribution is 6.07. The molecule has 6 heteroatoms. The largest absolute Gasteiger partial charge is 0.457 e. The normalized spacial score (nSPS) is 12.3. The van der Waals surface area contributed by atoms with E-state index in [2.05, 4.69) is 15.3 Å². The molecule has 0 bridgehead atoms. The molecule has 1 aliphatic heterocycles. The van der Waals surface area contributed by atoms with Crippen molar-refractivity contribution in [3.8, 4) is 11.5 Å². The van der Waals surface area contributed by atoms with Gasteiger partial charge < -0.3 is 15.0 Å². The van der Waals surface area contributed by atoms with Gasteiger partial charge in [-0.3, -0.25) is 9.78 Å². The number of aryl methyl sites for hydroxylation is 1. The second kappa shape index (κ2) is 8.51. The molecule has 4 aromatic rings. The van der Waals surface area contributed by atoms with Gasteiger partial charge >= 0.3 is 0 Å². The van der Waals surface area contributed by atoms with Crippen LogP contribution in [-0.2, 0) is 6.42 Å². The van der Waals surface area contributed by atoms with Crippen molar-refractivity contribution in [2.75, 3.05) is 16.8 Å². The molecule has 6 nitrogen and oxygen atoms in total. The number of para-hydroxylation sites is 1. The summed E-state index contributed by atoms with van der Waals surface area (Å²) in [4.78, 5) is 23.7. The average Bonchev–Trinajstić information content (AvgIpc) is 3.23. The predicted octanol–water partition coefficient (Wildman–Crippen LogP) is 5.52. The number of aromatic nitrogens is 2. The smallest absolute Gasteiger partial charge is 0.258 e. The summed E-state index contributed by atoms with van der Waals surface area (Å²) in [5.41, 5.74) is 4.39. The molecule has 2 aromatic carbocycles. The van der Waals surface area contributed by atoms with E-state index in [4.69, 9.17) is 4.74 Å². The SMILES string of the molecule is Cc1cc(Nc2cc(C(=O)N3CCc4ccc(Oc5ccccc5)cc43)ccn2)ccn1. The van der Waals surface area contributed by atoms with Gasteiger partial charge in [0.15, 0.2) is 0 Å². The lowest BCUT2D eigenvalue weighted by atomic mass is 10.1. The zero-order chi connectivity index (χ0) is 21.9. The number of carbonyl (C=O) groups is 1. The molecule has 0 spiro atoms. The number of hydrogen-bond donors (Lipinski definition) is 1. The number of benzene rings is 2. The first kappa shape index (κ1) is 19.8. The van der Waals surface area contributed by atoms with Crippen molar-refractivity contribution < 1.29 is 9.53 Å². The standard InChI is InChI=1S/C26H22N4O2/c1-18-15-21(10-13-27-18)29-25-16-20(9-12-28-25)26(31)30-14-11-19-7-8-23(17-24(19)30)32-22-5-3-2-4-6-22/h2-10,12-13,15-17H,11,14H2,1H3,(H,27,28,29). The Morgan fingerprint density at radius 1 is 0.938 bits per heavy atom. The van der Waals surface area contributed by atoms with E-state index in [1.807, 2.05) is 72.5 Å². The number of ether oxygens (including phenoxy) is 1. The maximum absolute atomic E-state index is 13.4. The minimum Gasteiger partial charge on any atom is -0.457 e. The maximum atomic E-state index is 13.4. The van der Waals surface area contributed by atoms with Crippen LogP contribution in [-0.4, -0.2) is 22.4 Å². The zero-order valence-electron chi connectivity index (χ0n) is 17.7. The van der Waals surface area contributed by atoms with Crippen LogP contribution in [0.25, 0.3) is 0 Å². The van der Waals surface area contributed by atoms with Crippen LogP contribution in [0.15, 0.2) is 85.2 Å². The molecule has 1 aliphatic rings. The Morgan fingerprint density at radius 3 is 2.62 bits per heavy atom. The molecule has 1 N–H and O–H groups in total. The van der Waals surface area contributed by atoms with Crippen LogP contribution in [0.5, 0.6) is 11.5 Å². The highest BCUT2D eigenvalue weighted by Gasteiger charge is 2.26.